The van der Waals surface area contributed by atoms with E-state index in [4.69, 9.17) is 15.2 Å². The average Bonchev–Trinajstić information content (AvgIpc) is 2.54. The Morgan fingerprint density at radius 2 is 1.61 bits per heavy atom. The highest BCUT2D eigenvalue weighted by molar-refractivity contribution is 5.85. The molecule has 0 radical (unpaired) electrons. The Bertz CT molecular complexity index is 418. The molecule has 0 saturated carbocycles. The molecule has 1 aliphatic rings. The zero-order valence-electron chi connectivity index (χ0n) is 14.4. The third-order valence-corrected chi connectivity index (χ3v) is 4.35. The van der Waals surface area contributed by atoms with Gasteiger partial charge in [-0.05, 0) is 69.5 Å². The summed E-state index contributed by atoms with van der Waals surface area (Å²) < 4.78 is 11.4. The van der Waals surface area contributed by atoms with Crippen LogP contribution in [0.25, 0.3) is 0 Å². The summed E-state index contributed by atoms with van der Waals surface area (Å²) in [7, 11) is 0. The predicted molar refractivity (Wildman–Crippen MR) is 97.8 cm³/mol. The Labute approximate surface area is 146 Å². The molecule has 4 nitrogen and oxygen atoms in total. The van der Waals surface area contributed by atoms with Crippen molar-refractivity contribution in [3.63, 3.8) is 0 Å². The Morgan fingerprint density at radius 3 is 2.09 bits per heavy atom. The fourth-order valence-electron chi connectivity index (χ4n) is 2.85. The lowest BCUT2D eigenvalue weighted by molar-refractivity contribution is 0.147. The fourth-order valence-corrected chi connectivity index (χ4v) is 2.85. The van der Waals surface area contributed by atoms with Crippen LogP contribution in [0.4, 0.5) is 0 Å². The van der Waals surface area contributed by atoms with Gasteiger partial charge in [-0.3, -0.25) is 4.90 Å². The van der Waals surface area contributed by atoms with Gasteiger partial charge >= 0.3 is 0 Å². The van der Waals surface area contributed by atoms with E-state index in [0.29, 0.717) is 12.0 Å². The zero-order valence-corrected chi connectivity index (χ0v) is 15.2. The summed E-state index contributed by atoms with van der Waals surface area (Å²) in [6.45, 7) is 8.99. The summed E-state index contributed by atoms with van der Waals surface area (Å²) in [5, 5.41) is 0. The number of rotatable bonds is 8. The van der Waals surface area contributed by atoms with Crippen LogP contribution in [0.5, 0.6) is 11.5 Å². The molecule has 1 saturated heterocycles. The SMILES string of the molecule is CCCOc1ccc(OCCN2CCC(C(C)N)CC2)cc1.Cl. The van der Waals surface area contributed by atoms with Gasteiger partial charge in [0.25, 0.3) is 0 Å². The van der Waals surface area contributed by atoms with Gasteiger partial charge in [-0.25, -0.2) is 0 Å². The number of likely N-dealkylation sites (tertiary alicyclic amines) is 1. The second-order valence-electron chi connectivity index (χ2n) is 6.21. The lowest BCUT2D eigenvalue weighted by atomic mass is 9.91. The molecule has 1 unspecified atom stereocenters. The molecule has 1 aliphatic heterocycles. The average molecular weight is 343 g/mol. The van der Waals surface area contributed by atoms with Crippen LogP contribution < -0.4 is 15.2 Å². The number of hydrogen-bond donors (Lipinski definition) is 1. The highest BCUT2D eigenvalue weighted by atomic mass is 35.5. The highest BCUT2D eigenvalue weighted by Crippen LogP contribution is 2.20. The van der Waals surface area contributed by atoms with Gasteiger partial charge in [0.2, 0.25) is 0 Å². The molecule has 1 fully saturated rings. The van der Waals surface area contributed by atoms with Crippen LogP contribution >= 0.6 is 12.4 Å². The largest absolute Gasteiger partial charge is 0.494 e. The lowest BCUT2D eigenvalue weighted by Gasteiger charge is -2.33. The number of ether oxygens (including phenoxy) is 2. The van der Waals surface area contributed by atoms with Crippen LogP contribution in [0, 0.1) is 5.92 Å². The maximum absolute atomic E-state index is 5.98. The Kier molecular flexibility index (Phi) is 9.37. The molecule has 0 aromatic heterocycles. The van der Waals surface area contributed by atoms with E-state index in [9.17, 15) is 0 Å². The molecule has 1 aromatic rings. The summed E-state index contributed by atoms with van der Waals surface area (Å²) in [4.78, 5) is 2.47. The molecule has 0 aliphatic carbocycles. The zero-order chi connectivity index (χ0) is 15.8. The van der Waals surface area contributed by atoms with Gasteiger partial charge in [0, 0.05) is 12.6 Å². The summed E-state index contributed by atoms with van der Waals surface area (Å²) >= 11 is 0. The topological polar surface area (TPSA) is 47.7 Å². The Hall–Kier alpha value is -0.970. The molecule has 2 rings (SSSR count). The second kappa shape index (κ2) is 10.7. The molecule has 1 aromatic carbocycles. The summed E-state index contributed by atoms with van der Waals surface area (Å²) in [5.41, 5.74) is 5.98. The van der Waals surface area contributed by atoms with Crippen molar-refractivity contribution in [1.82, 2.24) is 4.90 Å². The Balaban J connectivity index is 0.00000264. The van der Waals surface area contributed by atoms with E-state index in [1.807, 2.05) is 24.3 Å². The van der Waals surface area contributed by atoms with Gasteiger partial charge in [-0.15, -0.1) is 12.4 Å². The van der Waals surface area contributed by atoms with Crippen LogP contribution in [0.15, 0.2) is 24.3 Å². The number of halogens is 1. The minimum Gasteiger partial charge on any atom is -0.494 e. The smallest absolute Gasteiger partial charge is 0.119 e. The van der Waals surface area contributed by atoms with E-state index in [1.54, 1.807) is 0 Å². The first-order valence-electron chi connectivity index (χ1n) is 8.52. The van der Waals surface area contributed by atoms with Crippen molar-refractivity contribution in [3.05, 3.63) is 24.3 Å². The lowest BCUT2D eigenvalue weighted by Crippen LogP contribution is -2.41. The first-order chi connectivity index (χ1) is 10.7. The summed E-state index contributed by atoms with van der Waals surface area (Å²) in [5.74, 6) is 2.51. The molecule has 5 heteroatoms. The van der Waals surface area contributed by atoms with Gasteiger partial charge in [0.15, 0.2) is 0 Å². The minimum absolute atomic E-state index is 0. The van der Waals surface area contributed by atoms with E-state index >= 15 is 0 Å². The number of nitrogens with two attached hydrogens (primary N) is 1. The van der Waals surface area contributed by atoms with E-state index in [1.165, 1.54) is 12.8 Å². The van der Waals surface area contributed by atoms with Gasteiger partial charge in [-0.2, -0.15) is 0 Å². The predicted octanol–water partition coefficient (Wildman–Crippen LogP) is 3.34. The van der Waals surface area contributed by atoms with Gasteiger partial charge < -0.3 is 15.2 Å². The third-order valence-electron chi connectivity index (χ3n) is 4.35. The molecule has 1 heterocycles. The summed E-state index contributed by atoms with van der Waals surface area (Å²) in [6.07, 6.45) is 3.44. The number of piperidine rings is 1. The van der Waals surface area contributed by atoms with E-state index in [-0.39, 0.29) is 12.4 Å². The van der Waals surface area contributed by atoms with Crippen molar-refractivity contribution in [2.75, 3.05) is 32.8 Å². The molecule has 0 spiro atoms. The van der Waals surface area contributed by atoms with E-state index < -0.39 is 0 Å². The molecule has 0 amide bonds. The first-order valence-corrected chi connectivity index (χ1v) is 8.52. The number of benzene rings is 1. The van der Waals surface area contributed by atoms with E-state index in [0.717, 1.165) is 50.8 Å². The van der Waals surface area contributed by atoms with Crippen molar-refractivity contribution in [1.29, 1.82) is 0 Å². The van der Waals surface area contributed by atoms with Crippen molar-refractivity contribution in [3.8, 4) is 11.5 Å². The highest BCUT2D eigenvalue weighted by Gasteiger charge is 2.21. The number of nitrogens with zero attached hydrogens (tertiary/aromatic N) is 1. The van der Waals surface area contributed by atoms with Crippen LogP contribution in [0.1, 0.15) is 33.1 Å². The second-order valence-corrected chi connectivity index (χ2v) is 6.21. The van der Waals surface area contributed by atoms with Crippen molar-refractivity contribution in [2.24, 2.45) is 11.7 Å². The summed E-state index contributed by atoms with van der Waals surface area (Å²) in [6, 6.07) is 8.23. The third kappa shape index (κ3) is 6.98. The van der Waals surface area contributed by atoms with Gasteiger partial charge in [-0.1, -0.05) is 6.92 Å². The van der Waals surface area contributed by atoms with Crippen LogP contribution in [-0.2, 0) is 0 Å². The van der Waals surface area contributed by atoms with Crippen LogP contribution in [0.3, 0.4) is 0 Å². The Morgan fingerprint density at radius 1 is 1.09 bits per heavy atom. The van der Waals surface area contributed by atoms with E-state index in [2.05, 4.69) is 18.7 Å². The fraction of sp³-hybridized carbons (Fsp3) is 0.667. The molecule has 0 bridgehead atoms. The molecule has 132 valence electrons. The normalized spacial score (nSPS) is 17.3. The van der Waals surface area contributed by atoms with Crippen LogP contribution in [-0.4, -0.2) is 43.8 Å². The monoisotopic (exact) mass is 342 g/mol. The van der Waals surface area contributed by atoms with Crippen molar-refractivity contribution >= 4 is 12.4 Å². The standard InChI is InChI=1S/C18H30N2O2.ClH/c1-3-13-21-17-4-6-18(7-5-17)22-14-12-20-10-8-16(9-11-20)15(2)19;/h4-7,15-16H,3,8-14,19H2,1-2H3;1H. The molecule has 2 N–H and O–H groups in total. The van der Waals surface area contributed by atoms with Crippen molar-refractivity contribution in [2.45, 2.75) is 39.2 Å². The van der Waals surface area contributed by atoms with Crippen molar-refractivity contribution < 1.29 is 9.47 Å². The first kappa shape index (κ1) is 20.1. The quantitative estimate of drug-likeness (QED) is 0.787. The minimum atomic E-state index is 0. The maximum Gasteiger partial charge on any atom is 0.119 e. The molecule has 1 atom stereocenters. The number of hydrogen-bond acceptors (Lipinski definition) is 4. The molecular formula is C18H31ClN2O2. The maximum atomic E-state index is 5.98. The molecule has 23 heavy (non-hydrogen) atoms. The van der Waals surface area contributed by atoms with Crippen LogP contribution in [0.2, 0.25) is 0 Å². The molecular weight excluding hydrogens is 312 g/mol. The van der Waals surface area contributed by atoms with Gasteiger partial charge in [0.05, 0.1) is 6.61 Å². The van der Waals surface area contributed by atoms with Gasteiger partial charge in [0.1, 0.15) is 18.1 Å².